The van der Waals surface area contributed by atoms with Gasteiger partial charge in [-0.25, -0.2) is 18.4 Å². The van der Waals surface area contributed by atoms with E-state index in [1.54, 1.807) is 6.92 Å². The van der Waals surface area contributed by atoms with Crippen molar-refractivity contribution in [3.8, 4) is 0 Å². The first kappa shape index (κ1) is 13.2. The molecule has 0 atom stereocenters. The SMILES string of the molecule is Cc1nsc(NS(=O)(=O)c2cc(Br)cnc2N)n1. The van der Waals surface area contributed by atoms with Gasteiger partial charge in [-0.2, -0.15) is 4.37 Å². The van der Waals surface area contributed by atoms with Crippen LogP contribution in [0.3, 0.4) is 0 Å². The third-order valence-corrected chi connectivity index (χ3v) is 4.54. The maximum Gasteiger partial charge on any atom is 0.267 e. The maximum absolute atomic E-state index is 12.1. The molecule has 96 valence electrons. The Labute approximate surface area is 116 Å². The van der Waals surface area contributed by atoms with Gasteiger partial charge in [-0.15, -0.1) is 0 Å². The highest BCUT2D eigenvalue weighted by Crippen LogP contribution is 2.23. The van der Waals surface area contributed by atoms with Gasteiger partial charge in [0.15, 0.2) is 0 Å². The van der Waals surface area contributed by atoms with Gasteiger partial charge in [0.2, 0.25) is 5.13 Å². The van der Waals surface area contributed by atoms with Crippen LogP contribution in [-0.2, 0) is 10.0 Å². The number of aromatic nitrogens is 3. The highest BCUT2D eigenvalue weighted by Gasteiger charge is 2.20. The second-order valence-electron chi connectivity index (χ2n) is 3.29. The van der Waals surface area contributed by atoms with Gasteiger partial charge in [-0.05, 0) is 28.9 Å². The van der Waals surface area contributed by atoms with Crippen molar-refractivity contribution in [3.05, 3.63) is 22.6 Å². The summed E-state index contributed by atoms with van der Waals surface area (Å²) < 4.78 is 30.8. The lowest BCUT2D eigenvalue weighted by Crippen LogP contribution is -2.15. The normalized spacial score (nSPS) is 11.4. The molecule has 2 aromatic heterocycles. The van der Waals surface area contributed by atoms with Crippen LogP contribution in [0.15, 0.2) is 21.6 Å². The molecule has 0 aliphatic heterocycles. The lowest BCUT2D eigenvalue weighted by Gasteiger charge is -2.07. The van der Waals surface area contributed by atoms with Crippen LogP contribution >= 0.6 is 27.5 Å². The van der Waals surface area contributed by atoms with E-state index in [4.69, 9.17) is 5.73 Å². The number of aryl methyl sites for hydroxylation is 1. The van der Waals surface area contributed by atoms with E-state index in [0.717, 1.165) is 11.5 Å². The van der Waals surface area contributed by atoms with Gasteiger partial charge in [0.25, 0.3) is 10.0 Å². The zero-order valence-electron chi connectivity index (χ0n) is 9.08. The molecule has 0 aliphatic carbocycles. The van der Waals surface area contributed by atoms with E-state index >= 15 is 0 Å². The van der Waals surface area contributed by atoms with E-state index < -0.39 is 10.0 Å². The molecular weight excluding hydrogens is 342 g/mol. The van der Waals surface area contributed by atoms with Crippen LogP contribution in [0.2, 0.25) is 0 Å². The Bertz CT molecular complexity index is 685. The third kappa shape index (κ3) is 2.76. The lowest BCUT2D eigenvalue weighted by molar-refractivity contribution is 0.601. The smallest absolute Gasteiger partial charge is 0.267 e. The van der Waals surface area contributed by atoms with Crippen molar-refractivity contribution in [2.75, 3.05) is 10.5 Å². The topological polar surface area (TPSA) is 111 Å². The minimum absolute atomic E-state index is 0.0769. The van der Waals surface area contributed by atoms with Gasteiger partial charge in [0.1, 0.15) is 16.5 Å². The Morgan fingerprint density at radius 1 is 1.50 bits per heavy atom. The first-order valence-corrected chi connectivity index (χ1v) is 7.67. The molecule has 0 saturated heterocycles. The third-order valence-electron chi connectivity index (χ3n) is 1.89. The van der Waals surface area contributed by atoms with Crippen LogP contribution in [-0.4, -0.2) is 22.8 Å². The molecular formula is C8H8BrN5O2S2. The van der Waals surface area contributed by atoms with Crippen molar-refractivity contribution in [2.45, 2.75) is 11.8 Å². The second kappa shape index (κ2) is 4.78. The van der Waals surface area contributed by atoms with Gasteiger partial charge >= 0.3 is 0 Å². The summed E-state index contributed by atoms with van der Waals surface area (Å²) in [4.78, 5) is 7.58. The second-order valence-corrected chi connectivity index (χ2v) is 6.61. The largest absolute Gasteiger partial charge is 0.383 e. The minimum Gasteiger partial charge on any atom is -0.383 e. The van der Waals surface area contributed by atoms with Crippen LogP contribution in [0.5, 0.6) is 0 Å². The van der Waals surface area contributed by atoms with Crippen LogP contribution in [0.25, 0.3) is 0 Å². The standard InChI is InChI=1S/C8H8BrN5O2S2/c1-4-12-8(17-13-4)14-18(15,16)6-2-5(9)3-11-7(6)10/h2-3H,1H3,(H2,10,11)(H,12,13,14). The molecule has 18 heavy (non-hydrogen) atoms. The van der Waals surface area contributed by atoms with Crippen LogP contribution < -0.4 is 10.5 Å². The number of anilines is 2. The average molecular weight is 350 g/mol. The molecule has 3 N–H and O–H groups in total. The van der Waals surface area contributed by atoms with Gasteiger partial charge < -0.3 is 5.73 Å². The molecule has 2 aromatic rings. The zero-order chi connectivity index (χ0) is 13.3. The van der Waals surface area contributed by atoms with E-state index in [1.165, 1.54) is 12.3 Å². The Kier molecular flexibility index (Phi) is 3.50. The van der Waals surface area contributed by atoms with Crippen molar-refractivity contribution in [2.24, 2.45) is 0 Å². The van der Waals surface area contributed by atoms with Crippen LogP contribution in [0.4, 0.5) is 10.9 Å². The minimum atomic E-state index is -3.81. The van der Waals surface area contributed by atoms with Crippen molar-refractivity contribution in [1.82, 2.24) is 14.3 Å². The number of nitrogens with two attached hydrogens (primary N) is 1. The molecule has 2 rings (SSSR count). The molecule has 0 amide bonds. The van der Waals surface area contributed by atoms with E-state index in [1.807, 2.05) is 0 Å². The van der Waals surface area contributed by atoms with Crippen molar-refractivity contribution in [1.29, 1.82) is 0 Å². The quantitative estimate of drug-likeness (QED) is 0.865. The average Bonchev–Trinajstić information content (AvgIpc) is 2.66. The van der Waals surface area contributed by atoms with Gasteiger partial charge in [-0.3, -0.25) is 4.72 Å². The maximum atomic E-state index is 12.1. The zero-order valence-corrected chi connectivity index (χ0v) is 12.3. The van der Waals surface area contributed by atoms with Crippen molar-refractivity contribution in [3.63, 3.8) is 0 Å². The first-order chi connectivity index (χ1) is 8.38. The summed E-state index contributed by atoms with van der Waals surface area (Å²) in [5, 5.41) is 0.187. The predicted molar refractivity (Wildman–Crippen MR) is 71.8 cm³/mol. The summed E-state index contributed by atoms with van der Waals surface area (Å²) in [5.41, 5.74) is 5.55. The van der Waals surface area contributed by atoms with Gasteiger partial charge in [-0.1, -0.05) is 0 Å². The molecule has 2 heterocycles. The fourth-order valence-corrected chi connectivity index (χ4v) is 3.54. The fourth-order valence-electron chi connectivity index (χ4n) is 1.15. The number of halogens is 1. The molecule has 0 unspecified atom stereocenters. The van der Waals surface area contributed by atoms with E-state index in [0.29, 0.717) is 10.3 Å². The van der Waals surface area contributed by atoms with E-state index in [2.05, 4.69) is 35.0 Å². The number of rotatable bonds is 3. The highest BCUT2D eigenvalue weighted by molar-refractivity contribution is 9.10. The Morgan fingerprint density at radius 2 is 2.22 bits per heavy atom. The number of nitrogens with one attached hydrogen (secondary N) is 1. The Morgan fingerprint density at radius 3 is 2.83 bits per heavy atom. The van der Waals surface area contributed by atoms with Crippen LogP contribution in [0, 0.1) is 6.92 Å². The molecule has 0 fully saturated rings. The summed E-state index contributed by atoms with van der Waals surface area (Å²) in [6.07, 6.45) is 1.42. The Balaban J connectivity index is 2.39. The predicted octanol–water partition coefficient (Wildman–Crippen LogP) is 1.39. The van der Waals surface area contributed by atoms with Crippen LogP contribution in [0.1, 0.15) is 5.82 Å². The summed E-state index contributed by atoms with van der Waals surface area (Å²) in [7, 11) is -3.81. The summed E-state index contributed by atoms with van der Waals surface area (Å²) in [6.45, 7) is 1.67. The number of nitrogen functional groups attached to an aromatic ring is 1. The van der Waals surface area contributed by atoms with E-state index in [-0.39, 0.29) is 15.8 Å². The molecule has 0 aromatic carbocycles. The lowest BCUT2D eigenvalue weighted by atomic mass is 10.5. The molecule has 7 nitrogen and oxygen atoms in total. The fraction of sp³-hybridized carbons (Fsp3) is 0.125. The molecule has 0 saturated carbocycles. The molecule has 0 bridgehead atoms. The van der Waals surface area contributed by atoms with Crippen molar-refractivity contribution >= 4 is 48.4 Å². The number of hydrogen-bond acceptors (Lipinski definition) is 7. The molecule has 0 spiro atoms. The molecule has 10 heteroatoms. The van der Waals surface area contributed by atoms with E-state index in [9.17, 15) is 8.42 Å². The number of hydrogen-bond donors (Lipinski definition) is 2. The number of sulfonamides is 1. The Hall–Kier alpha value is -1.26. The molecule has 0 radical (unpaired) electrons. The monoisotopic (exact) mass is 349 g/mol. The van der Waals surface area contributed by atoms with Crippen molar-refractivity contribution < 1.29 is 8.42 Å². The van der Waals surface area contributed by atoms with Gasteiger partial charge in [0, 0.05) is 22.2 Å². The number of nitrogens with zero attached hydrogens (tertiary/aromatic N) is 3. The number of pyridine rings is 1. The summed E-state index contributed by atoms with van der Waals surface area (Å²) in [6, 6.07) is 1.37. The first-order valence-electron chi connectivity index (χ1n) is 4.62. The highest BCUT2D eigenvalue weighted by atomic mass is 79.9. The van der Waals surface area contributed by atoms with Gasteiger partial charge in [0.05, 0.1) is 0 Å². The molecule has 0 aliphatic rings. The summed E-state index contributed by atoms with van der Waals surface area (Å²) >= 11 is 4.10. The summed E-state index contributed by atoms with van der Waals surface area (Å²) in [5.74, 6) is 0.421.